The molecule has 0 amide bonds. The van der Waals surface area contributed by atoms with Gasteiger partial charge in [-0.3, -0.25) is 0 Å². The third kappa shape index (κ3) is 5.00. The van der Waals surface area contributed by atoms with Crippen molar-refractivity contribution in [1.29, 1.82) is 0 Å². The maximum atomic E-state index is 6.67. The van der Waals surface area contributed by atoms with Crippen LogP contribution in [0.15, 0.2) is 229 Å². The zero-order valence-corrected chi connectivity index (χ0v) is 33.6. The van der Waals surface area contributed by atoms with Crippen LogP contribution in [0.5, 0.6) is 11.5 Å². The van der Waals surface area contributed by atoms with E-state index in [-0.39, 0.29) is 0 Å². The van der Waals surface area contributed by atoms with Gasteiger partial charge in [-0.2, -0.15) is 0 Å². The zero-order valence-electron chi connectivity index (χ0n) is 33.6. The Bertz CT molecular complexity index is 3500. The van der Waals surface area contributed by atoms with E-state index in [2.05, 4.69) is 217 Å². The van der Waals surface area contributed by atoms with Crippen molar-refractivity contribution in [3.63, 3.8) is 0 Å². The molecular formula is C59H37NO2. The highest BCUT2D eigenvalue weighted by atomic mass is 16.5. The molecule has 1 aliphatic heterocycles. The van der Waals surface area contributed by atoms with Crippen molar-refractivity contribution in [2.75, 3.05) is 4.90 Å². The maximum Gasteiger partial charge on any atom is 0.143 e. The topological polar surface area (TPSA) is 25.6 Å². The molecule has 290 valence electrons. The highest BCUT2D eigenvalue weighted by Crippen LogP contribution is 2.63. The number of furan rings is 1. The van der Waals surface area contributed by atoms with Crippen molar-refractivity contribution in [2.45, 2.75) is 5.41 Å². The van der Waals surface area contributed by atoms with Crippen LogP contribution in [-0.4, -0.2) is 0 Å². The van der Waals surface area contributed by atoms with Crippen molar-refractivity contribution in [3.8, 4) is 44.9 Å². The van der Waals surface area contributed by atoms with Crippen LogP contribution in [0.1, 0.15) is 22.3 Å². The van der Waals surface area contributed by atoms with Gasteiger partial charge < -0.3 is 14.1 Å². The highest BCUT2D eigenvalue weighted by molar-refractivity contribution is 6.10. The second kappa shape index (κ2) is 13.4. The average Bonchev–Trinajstić information content (AvgIpc) is 3.87. The Labute approximate surface area is 359 Å². The predicted octanol–water partition coefficient (Wildman–Crippen LogP) is 16.0. The van der Waals surface area contributed by atoms with Gasteiger partial charge in [0.05, 0.1) is 5.41 Å². The fourth-order valence-electron chi connectivity index (χ4n) is 10.4. The smallest absolute Gasteiger partial charge is 0.143 e. The zero-order chi connectivity index (χ0) is 40.8. The van der Waals surface area contributed by atoms with Gasteiger partial charge in [-0.05, 0) is 104 Å². The van der Waals surface area contributed by atoms with Gasteiger partial charge in [-0.25, -0.2) is 0 Å². The van der Waals surface area contributed by atoms with Crippen LogP contribution >= 0.6 is 0 Å². The van der Waals surface area contributed by atoms with Gasteiger partial charge in [-0.15, -0.1) is 0 Å². The molecule has 3 nitrogen and oxygen atoms in total. The fraction of sp³-hybridized carbons (Fsp3) is 0.0169. The summed E-state index contributed by atoms with van der Waals surface area (Å²) in [6.07, 6.45) is 0. The third-order valence-electron chi connectivity index (χ3n) is 13.1. The maximum absolute atomic E-state index is 6.67. The summed E-state index contributed by atoms with van der Waals surface area (Å²) in [6, 6.07) is 80.9. The molecule has 0 unspecified atom stereocenters. The molecule has 1 aliphatic carbocycles. The van der Waals surface area contributed by atoms with Crippen LogP contribution in [0.2, 0.25) is 0 Å². The lowest BCUT2D eigenvalue weighted by Gasteiger charge is -2.39. The number of para-hydroxylation sites is 4. The van der Waals surface area contributed by atoms with E-state index in [1.807, 2.05) is 12.1 Å². The number of ether oxygens (including phenoxy) is 1. The van der Waals surface area contributed by atoms with Gasteiger partial charge in [0.2, 0.25) is 0 Å². The number of fused-ring (bicyclic) bond motifs is 14. The van der Waals surface area contributed by atoms with E-state index in [0.717, 1.165) is 72.8 Å². The van der Waals surface area contributed by atoms with Gasteiger partial charge in [0.1, 0.15) is 22.7 Å². The van der Waals surface area contributed by atoms with E-state index >= 15 is 0 Å². The van der Waals surface area contributed by atoms with Crippen LogP contribution in [-0.2, 0) is 5.41 Å². The molecule has 0 atom stereocenters. The second-order valence-electron chi connectivity index (χ2n) is 16.4. The molecule has 1 aromatic heterocycles. The van der Waals surface area contributed by atoms with Gasteiger partial charge in [0, 0.05) is 44.5 Å². The van der Waals surface area contributed by atoms with Crippen molar-refractivity contribution in [3.05, 3.63) is 247 Å². The Hall–Kier alpha value is -8.14. The van der Waals surface area contributed by atoms with E-state index in [4.69, 9.17) is 9.15 Å². The number of rotatable bonds is 5. The van der Waals surface area contributed by atoms with Crippen molar-refractivity contribution in [1.82, 2.24) is 0 Å². The molecule has 0 radical (unpaired) electrons. The Kier molecular flexibility index (Phi) is 7.52. The van der Waals surface area contributed by atoms with Crippen LogP contribution in [0, 0.1) is 0 Å². The fourth-order valence-corrected chi connectivity index (χ4v) is 10.4. The molecule has 1 spiro atoms. The van der Waals surface area contributed by atoms with Crippen molar-refractivity contribution < 1.29 is 9.15 Å². The lowest BCUT2D eigenvalue weighted by atomic mass is 9.66. The normalized spacial score (nSPS) is 13.1. The summed E-state index contributed by atoms with van der Waals surface area (Å²) in [7, 11) is 0. The first-order chi connectivity index (χ1) is 30.7. The molecule has 0 bridgehead atoms. The van der Waals surface area contributed by atoms with E-state index < -0.39 is 5.41 Å². The van der Waals surface area contributed by atoms with Crippen LogP contribution in [0.4, 0.5) is 17.1 Å². The van der Waals surface area contributed by atoms with Crippen LogP contribution < -0.4 is 9.64 Å². The van der Waals surface area contributed by atoms with Gasteiger partial charge in [-0.1, -0.05) is 170 Å². The third-order valence-corrected chi connectivity index (χ3v) is 13.1. The molecule has 10 aromatic carbocycles. The first-order valence-corrected chi connectivity index (χ1v) is 21.2. The standard InChI is InChI=1S/C59H37NO2/c1-2-13-38(14-3-1)39-25-30-42(31-26-39)60(43-32-27-41(28-33-43)46-18-12-19-48-47-17-6-9-22-54(47)62-58(46)48)44-34-36-50-49(37-44)57-45-16-5-4-15-40(45)29-35-53(57)59(50)51-20-7-10-23-55(51)61-56-24-11-8-21-52(56)59/h1-37H. The number of benzene rings is 10. The predicted molar refractivity (Wildman–Crippen MR) is 254 cm³/mol. The summed E-state index contributed by atoms with van der Waals surface area (Å²) in [4.78, 5) is 2.39. The summed E-state index contributed by atoms with van der Waals surface area (Å²) >= 11 is 0. The van der Waals surface area contributed by atoms with E-state index in [9.17, 15) is 0 Å². The van der Waals surface area contributed by atoms with Crippen LogP contribution in [0.3, 0.4) is 0 Å². The summed E-state index contributed by atoms with van der Waals surface area (Å²) in [6.45, 7) is 0. The van der Waals surface area contributed by atoms with E-state index in [1.165, 1.54) is 44.2 Å². The minimum atomic E-state index is -0.569. The highest BCUT2D eigenvalue weighted by Gasteiger charge is 2.51. The number of nitrogens with zero attached hydrogens (tertiary/aromatic N) is 1. The summed E-state index contributed by atoms with van der Waals surface area (Å²) < 4.78 is 13.1. The lowest BCUT2D eigenvalue weighted by molar-refractivity contribution is 0.436. The average molecular weight is 792 g/mol. The van der Waals surface area contributed by atoms with Gasteiger partial charge in [0.25, 0.3) is 0 Å². The Morgan fingerprint density at radius 1 is 0.355 bits per heavy atom. The molecule has 2 aliphatic rings. The molecule has 62 heavy (non-hydrogen) atoms. The Morgan fingerprint density at radius 2 is 0.935 bits per heavy atom. The number of hydrogen-bond donors (Lipinski definition) is 0. The largest absolute Gasteiger partial charge is 0.457 e. The first kappa shape index (κ1) is 34.7. The second-order valence-corrected chi connectivity index (χ2v) is 16.4. The molecule has 0 fully saturated rings. The molecule has 3 heteroatoms. The molecule has 0 N–H and O–H groups in total. The molecule has 13 rings (SSSR count). The quantitative estimate of drug-likeness (QED) is 0.174. The lowest BCUT2D eigenvalue weighted by Crippen LogP contribution is -2.32. The van der Waals surface area contributed by atoms with Crippen molar-refractivity contribution >= 4 is 49.8 Å². The molecule has 0 saturated carbocycles. The summed E-state index contributed by atoms with van der Waals surface area (Å²) in [5.74, 6) is 1.78. The summed E-state index contributed by atoms with van der Waals surface area (Å²) in [5.41, 5.74) is 16.3. The Balaban J connectivity index is 1.03. The van der Waals surface area contributed by atoms with E-state index in [1.54, 1.807) is 0 Å². The Morgan fingerprint density at radius 3 is 1.69 bits per heavy atom. The minimum absolute atomic E-state index is 0.569. The summed E-state index contributed by atoms with van der Waals surface area (Å²) in [5, 5.41) is 4.72. The van der Waals surface area contributed by atoms with Crippen LogP contribution in [0.25, 0.3) is 66.1 Å². The molecule has 0 saturated heterocycles. The number of hydrogen-bond acceptors (Lipinski definition) is 3. The van der Waals surface area contributed by atoms with Gasteiger partial charge in [0.15, 0.2) is 0 Å². The van der Waals surface area contributed by atoms with Gasteiger partial charge >= 0.3 is 0 Å². The molecule has 2 heterocycles. The SMILES string of the molecule is c1ccc(-c2ccc(N(c3ccc(-c4cccc5c4oc4ccccc45)cc3)c3ccc4c(c3)-c3c(ccc5ccccc35)C43c4ccccc4Oc4ccccc43)cc2)cc1. The first-order valence-electron chi connectivity index (χ1n) is 21.2. The molecule has 11 aromatic rings. The van der Waals surface area contributed by atoms with Crippen molar-refractivity contribution in [2.24, 2.45) is 0 Å². The monoisotopic (exact) mass is 791 g/mol. The molecular weight excluding hydrogens is 755 g/mol. The minimum Gasteiger partial charge on any atom is -0.457 e. The number of anilines is 3. The van der Waals surface area contributed by atoms with E-state index in [0.29, 0.717) is 0 Å².